The lowest BCUT2D eigenvalue weighted by Gasteiger charge is -2.22. The van der Waals surface area contributed by atoms with Crippen LogP contribution >= 0.6 is 0 Å². The number of hydrogen-bond acceptors (Lipinski definition) is 7. The third kappa shape index (κ3) is 9.47. The average Bonchev–Trinajstić information content (AvgIpc) is 2.57. The minimum atomic E-state index is -1.58. The Kier molecular flexibility index (Phi) is 10.2. The highest BCUT2D eigenvalue weighted by atomic mass is 16.4. The summed E-state index contributed by atoms with van der Waals surface area (Å²) >= 11 is 0. The van der Waals surface area contributed by atoms with Gasteiger partial charge in [0, 0.05) is 6.42 Å². The summed E-state index contributed by atoms with van der Waals surface area (Å²) in [5, 5.41) is 32.6. The lowest BCUT2D eigenvalue weighted by Crippen LogP contribution is -2.56. The van der Waals surface area contributed by atoms with Crippen LogP contribution in [0.15, 0.2) is 0 Å². The first-order chi connectivity index (χ1) is 12.8. The molecular formula is C15H24N4O9. The van der Waals surface area contributed by atoms with E-state index in [-0.39, 0.29) is 6.42 Å². The van der Waals surface area contributed by atoms with E-state index >= 15 is 0 Å². The zero-order chi connectivity index (χ0) is 22.0. The highest BCUT2D eigenvalue weighted by Gasteiger charge is 2.29. The summed E-state index contributed by atoms with van der Waals surface area (Å²) in [4.78, 5) is 68.2. The highest BCUT2D eigenvalue weighted by molar-refractivity contribution is 5.95. The van der Waals surface area contributed by atoms with Crippen molar-refractivity contribution in [2.45, 2.75) is 57.3 Å². The van der Waals surface area contributed by atoms with Crippen molar-refractivity contribution in [1.82, 2.24) is 16.0 Å². The molecule has 3 amide bonds. The van der Waals surface area contributed by atoms with Gasteiger partial charge in [0.15, 0.2) is 0 Å². The van der Waals surface area contributed by atoms with Gasteiger partial charge in [-0.1, -0.05) is 0 Å². The van der Waals surface area contributed by atoms with E-state index in [9.17, 15) is 28.8 Å². The van der Waals surface area contributed by atoms with Gasteiger partial charge in [0.2, 0.25) is 17.7 Å². The van der Waals surface area contributed by atoms with Crippen molar-refractivity contribution in [2.24, 2.45) is 5.73 Å². The SMILES string of the molecule is CC(NC(=O)C(C)NC(=O)C(CC(=O)O)NC(=O)C(N)CCC(=O)O)C(=O)O. The van der Waals surface area contributed by atoms with Crippen LogP contribution in [0.1, 0.15) is 33.1 Å². The zero-order valence-electron chi connectivity index (χ0n) is 15.3. The predicted molar refractivity (Wildman–Crippen MR) is 91.9 cm³/mol. The van der Waals surface area contributed by atoms with Crippen LogP contribution in [0.4, 0.5) is 0 Å². The molecule has 0 heterocycles. The van der Waals surface area contributed by atoms with E-state index in [1.807, 2.05) is 0 Å². The lowest BCUT2D eigenvalue weighted by molar-refractivity contribution is -0.142. The van der Waals surface area contributed by atoms with E-state index in [0.29, 0.717) is 0 Å². The molecule has 13 nitrogen and oxygen atoms in total. The number of nitrogens with two attached hydrogens (primary N) is 1. The molecule has 0 aromatic carbocycles. The van der Waals surface area contributed by atoms with E-state index in [1.165, 1.54) is 13.8 Å². The number of carbonyl (C=O) groups is 6. The predicted octanol–water partition coefficient (Wildman–Crippen LogP) is -2.77. The second-order valence-corrected chi connectivity index (χ2v) is 6.00. The van der Waals surface area contributed by atoms with Gasteiger partial charge < -0.3 is 37.0 Å². The van der Waals surface area contributed by atoms with Gasteiger partial charge in [-0.2, -0.15) is 0 Å². The molecule has 0 radical (unpaired) electrons. The third-order valence-corrected chi connectivity index (χ3v) is 3.50. The molecule has 0 spiro atoms. The fourth-order valence-corrected chi connectivity index (χ4v) is 1.85. The van der Waals surface area contributed by atoms with Gasteiger partial charge in [-0.3, -0.25) is 28.8 Å². The molecule has 13 heteroatoms. The standard InChI is InChI=1S/C15H24N4O9/c1-6(12(24)18-7(2)15(27)28)17-14(26)9(5-11(22)23)19-13(25)8(16)3-4-10(20)21/h6-9H,3-5,16H2,1-2H3,(H,17,26)(H,18,24)(H,19,25)(H,20,21)(H,22,23)(H,27,28). The van der Waals surface area contributed by atoms with E-state index < -0.39 is 72.6 Å². The Morgan fingerprint density at radius 3 is 1.79 bits per heavy atom. The van der Waals surface area contributed by atoms with Crippen molar-refractivity contribution >= 4 is 35.6 Å². The van der Waals surface area contributed by atoms with Crippen LogP contribution in [0, 0.1) is 0 Å². The van der Waals surface area contributed by atoms with Crippen LogP contribution in [0.2, 0.25) is 0 Å². The van der Waals surface area contributed by atoms with E-state index in [4.69, 9.17) is 21.1 Å². The fraction of sp³-hybridized carbons (Fsp3) is 0.600. The Morgan fingerprint density at radius 1 is 0.786 bits per heavy atom. The monoisotopic (exact) mass is 404 g/mol. The molecule has 0 aliphatic rings. The molecule has 4 atom stereocenters. The Labute approximate surface area is 159 Å². The van der Waals surface area contributed by atoms with E-state index in [0.717, 1.165) is 0 Å². The molecule has 0 aliphatic heterocycles. The van der Waals surface area contributed by atoms with Gasteiger partial charge in [-0.25, -0.2) is 0 Å². The topological polar surface area (TPSA) is 225 Å². The molecule has 0 saturated heterocycles. The van der Waals surface area contributed by atoms with Crippen LogP contribution in [0.25, 0.3) is 0 Å². The summed E-state index contributed by atoms with van der Waals surface area (Å²) in [5.74, 6) is -6.67. The molecule has 0 aliphatic carbocycles. The van der Waals surface area contributed by atoms with Crippen molar-refractivity contribution in [2.75, 3.05) is 0 Å². The quantitative estimate of drug-likeness (QED) is 0.177. The van der Waals surface area contributed by atoms with E-state index in [1.54, 1.807) is 0 Å². The number of hydrogen-bond donors (Lipinski definition) is 7. The second kappa shape index (κ2) is 11.5. The molecule has 0 aromatic heterocycles. The Balaban J connectivity index is 4.95. The number of carboxylic acid groups (broad SMARTS) is 3. The van der Waals surface area contributed by atoms with Crippen molar-refractivity contribution in [1.29, 1.82) is 0 Å². The summed E-state index contributed by atoms with van der Waals surface area (Å²) in [5.41, 5.74) is 5.50. The first-order valence-electron chi connectivity index (χ1n) is 8.18. The Hall–Kier alpha value is -3.22. The summed E-state index contributed by atoms with van der Waals surface area (Å²) in [7, 11) is 0. The molecule has 0 aromatic rings. The Bertz CT molecular complexity index is 637. The number of carbonyl (C=O) groups excluding carboxylic acids is 3. The number of amides is 3. The average molecular weight is 404 g/mol. The van der Waals surface area contributed by atoms with Crippen LogP contribution in [-0.2, 0) is 28.8 Å². The molecular weight excluding hydrogens is 380 g/mol. The highest BCUT2D eigenvalue weighted by Crippen LogP contribution is 2.00. The largest absolute Gasteiger partial charge is 0.481 e. The molecule has 4 unspecified atom stereocenters. The van der Waals surface area contributed by atoms with Crippen LogP contribution < -0.4 is 21.7 Å². The molecule has 28 heavy (non-hydrogen) atoms. The second-order valence-electron chi connectivity index (χ2n) is 6.00. The Morgan fingerprint density at radius 2 is 1.32 bits per heavy atom. The van der Waals surface area contributed by atoms with Gasteiger partial charge in [-0.15, -0.1) is 0 Å². The fourth-order valence-electron chi connectivity index (χ4n) is 1.85. The molecule has 0 saturated carbocycles. The van der Waals surface area contributed by atoms with Crippen LogP contribution in [0.3, 0.4) is 0 Å². The molecule has 0 bridgehead atoms. The maximum Gasteiger partial charge on any atom is 0.325 e. The zero-order valence-corrected chi connectivity index (χ0v) is 15.3. The first-order valence-corrected chi connectivity index (χ1v) is 8.18. The van der Waals surface area contributed by atoms with Gasteiger partial charge in [0.05, 0.1) is 12.5 Å². The summed E-state index contributed by atoms with van der Waals surface area (Å²) < 4.78 is 0. The molecule has 158 valence electrons. The van der Waals surface area contributed by atoms with Crippen molar-refractivity contribution < 1.29 is 44.1 Å². The molecule has 0 rings (SSSR count). The number of aliphatic carboxylic acids is 3. The first kappa shape index (κ1) is 24.8. The van der Waals surface area contributed by atoms with Crippen molar-refractivity contribution in [3.63, 3.8) is 0 Å². The van der Waals surface area contributed by atoms with Crippen molar-refractivity contribution in [3.8, 4) is 0 Å². The minimum Gasteiger partial charge on any atom is -0.481 e. The summed E-state index contributed by atoms with van der Waals surface area (Å²) in [6, 6.07) is -5.29. The number of carboxylic acids is 3. The number of nitrogens with one attached hydrogen (secondary N) is 3. The van der Waals surface area contributed by atoms with Gasteiger partial charge in [0.25, 0.3) is 0 Å². The minimum absolute atomic E-state index is 0.228. The van der Waals surface area contributed by atoms with Gasteiger partial charge in [0.1, 0.15) is 18.1 Å². The maximum absolute atomic E-state index is 12.2. The van der Waals surface area contributed by atoms with Crippen LogP contribution in [0.5, 0.6) is 0 Å². The van der Waals surface area contributed by atoms with Gasteiger partial charge in [-0.05, 0) is 20.3 Å². The molecule has 0 fully saturated rings. The summed E-state index contributed by atoms with van der Waals surface area (Å²) in [6.07, 6.45) is -1.44. The van der Waals surface area contributed by atoms with E-state index in [2.05, 4.69) is 16.0 Å². The molecule has 8 N–H and O–H groups in total. The smallest absolute Gasteiger partial charge is 0.325 e. The normalized spacial score (nSPS) is 14.7. The maximum atomic E-state index is 12.2. The van der Waals surface area contributed by atoms with Crippen LogP contribution in [-0.4, -0.2) is 75.1 Å². The lowest BCUT2D eigenvalue weighted by atomic mass is 10.1. The van der Waals surface area contributed by atoms with Gasteiger partial charge >= 0.3 is 17.9 Å². The summed E-state index contributed by atoms with van der Waals surface area (Å²) in [6.45, 7) is 2.45. The van der Waals surface area contributed by atoms with Crippen molar-refractivity contribution in [3.05, 3.63) is 0 Å². The third-order valence-electron chi connectivity index (χ3n) is 3.50. The number of rotatable bonds is 12.